The predicted molar refractivity (Wildman–Crippen MR) is 93.0 cm³/mol. The minimum absolute atomic E-state index is 0. The van der Waals surface area contributed by atoms with Crippen molar-refractivity contribution < 1.29 is 74.6 Å². The molecule has 0 saturated heterocycles. The standard InChI is InChI=1S/C16H13O10S2.Na/c1-25-15(17)10-7-12(16(18)26-2)14(13(8-10)28(22,23)24)9-4-3-5-11(6-9)27(19,20)21;/h3-5,7-8H,1-2H3,(H,19,20,21)(H,22,23,24);/q-1;+1. The molecule has 0 atom stereocenters. The Labute approximate surface area is 188 Å². The summed E-state index contributed by atoms with van der Waals surface area (Å²) in [4.78, 5) is 22.4. The third-order valence-corrected chi connectivity index (χ3v) is 5.19. The summed E-state index contributed by atoms with van der Waals surface area (Å²) in [6, 6.07) is 7.27. The Morgan fingerprint density at radius 3 is 2.00 bits per heavy atom. The quantitative estimate of drug-likeness (QED) is 0.230. The van der Waals surface area contributed by atoms with E-state index < -0.39 is 53.1 Å². The first-order valence-electron chi connectivity index (χ1n) is 7.22. The number of methoxy groups -OCH3 is 2. The molecule has 0 fully saturated rings. The molecular formula is C16H13NaO10S2. The molecule has 0 spiro atoms. The molecule has 0 heterocycles. The summed E-state index contributed by atoms with van der Waals surface area (Å²) in [5.41, 5.74) is -1.63. The molecule has 0 saturated carbocycles. The van der Waals surface area contributed by atoms with Gasteiger partial charge in [-0.1, -0.05) is 5.56 Å². The second-order valence-electron chi connectivity index (χ2n) is 5.26. The van der Waals surface area contributed by atoms with Crippen molar-refractivity contribution in [2.45, 2.75) is 9.79 Å². The van der Waals surface area contributed by atoms with Gasteiger partial charge in [-0.25, -0.2) is 9.59 Å². The van der Waals surface area contributed by atoms with Crippen LogP contribution in [0.5, 0.6) is 0 Å². The fourth-order valence-corrected chi connectivity index (χ4v) is 3.59. The molecule has 2 rings (SSSR count). The second-order valence-corrected chi connectivity index (χ2v) is 8.04. The van der Waals surface area contributed by atoms with E-state index in [9.17, 15) is 35.5 Å². The van der Waals surface area contributed by atoms with E-state index in [-0.39, 0.29) is 40.7 Å². The van der Waals surface area contributed by atoms with E-state index in [1.54, 1.807) is 0 Å². The number of benzene rings is 2. The van der Waals surface area contributed by atoms with E-state index in [1.165, 1.54) is 6.07 Å². The van der Waals surface area contributed by atoms with Crippen LogP contribution in [-0.4, -0.2) is 52.1 Å². The molecule has 0 aromatic heterocycles. The minimum Gasteiger partial charge on any atom is -0.466 e. The van der Waals surface area contributed by atoms with Crippen molar-refractivity contribution in [3.8, 4) is 11.1 Å². The summed E-state index contributed by atoms with van der Waals surface area (Å²) < 4.78 is 74.4. The molecule has 2 aromatic carbocycles. The van der Waals surface area contributed by atoms with E-state index in [0.717, 1.165) is 38.5 Å². The number of hydrogen-bond donors (Lipinski definition) is 2. The molecule has 0 radical (unpaired) electrons. The van der Waals surface area contributed by atoms with Gasteiger partial charge in [0, 0.05) is 10.5 Å². The van der Waals surface area contributed by atoms with Gasteiger partial charge in [-0.15, -0.1) is 29.8 Å². The maximum Gasteiger partial charge on any atom is 1.00 e. The van der Waals surface area contributed by atoms with Crippen LogP contribution in [0.4, 0.5) is 0 Å². The minimum atomic E-state index is -5.01. The molecule has 0 aliphatic rings. The van der Waals surface area contributed by atoms with Gasteiger partial charge in [0.2, 0.25) is 0 Å². The molecule has 150 valence electrons. The molecule has 0 bridgehead atoms. The Morgan fingerprint density at radius 1 is 0.931 bits per heavy atom. The third kappa shape index (κ3) is 5.63. The maximum atomic E-state index is 12.2. The molecule has 10 nitrogen and oxygen atoms in total. The van der Waals surface area contributed by atoms with Crippen LogP contribution in [0.1, 0.15) is 20.7 Å². The predicted octanol–water partition coefficient (Wildman–Crippen LogP) is -1.78. The van der Waals surface area contributed by atoms with E-state index in [4.69, 9.17) is 0 Å². The van der Waals surface area contributed by atoms with E-state index in [0.29, 0.717) is 0 Å². The van der Waals surface area contributed by atoms with Gasteiger partial charge in [0.25, 0.3) is 20.2 Å². The SMILES string of the molecule is COC(=O)c1cc(C(=O)OC)c(-c2[c-]c(S(=O)(=O)O)ccc2)c(S(=O)(=O)O)c1.[Na+]. The average Bonchev–Trinajstić information content (AvgIpc) is 2.64. The fourth-order valence-electron chi connectivity index (χ4n) is 2.35. The van der Waals surface area contributed by atoms with Crippen LogP contribution < -0.4 is 29.6 Å². The van der Waals surface area contributed by atoms with Crippen LogP contribution in [0.2, 0.25) is 0 Å². The smallest absolute Gasteiger partial charge is 0.466 e. The molecule has 13 heteroatoms. The van der Waals surface area contributed by atoms with Crippen LogP contribution in [0, 0.1) is 6.07 Å². The molecule has 0 aliphatic heterocycles. The number of carbonyl (C=O) groups excluding carboxylic acids is 2. The average molecular weight is 452 g/mol. The van der Waals surface area contributed by atoms with Gasteiger partial charge in [0.15, 0.2) is 0 Å². The second kappa shape index (κ2) is 9.34. The van der Waals surface area contributed by atoms with Crippen molar-refractivity contribution >= 4 is 32.2 Å². The summed E-state index contributed by atoms with van der Waals surface area (Å²) in [6.45, 7) is 0. The Balaban J connectivity index is 0.00000420. The van der Waals surface area contributed by atoms with Crippen LogP contribution in [-0.2, 0) is 29.7 Å². The summed E-state index contributed by atoms with van der Waals surface area (Å²) in [7, 11) is -7.70. The van der Waals surface area contributed by atoms with Crippen LogP contribution >= 0.6 is 0 Å². The van der Waals surface area contributed by atoms with Gasteiger partial charge >= 0.3 is 41.5 Å². The number of carbonyl (C=O) groups is 2. The van der Waals surface area contributed by atoms with Crippen molar-refractivity contribution in [3.05, 3.63) is 47.5 Å². The molecule has 2 N–H and O–H groups in total. The molecule has 0 aliphatic carbocycles. The van der Waals surface area contributed by atoms with Crippen LogP contribution in [0.25, 0.3) is 11.1 Å². The van der Waals surface area contributed by atoms with Gasteiger partial charge in [0.05, 0.1) is 24.7 Å². The summed E-state index contributed by atoms with van der Waals surface area (Å²) >= 11 is 0. The first kappa shape index (κ1) is 25.2. The van der Waals surface area contributed by atoms with E-state index >= 15 is 0 Å². The molecule has 29 heavy (non-hydrogen) atoms. The Kier molecular flexibility index (Phi) is 8.13. The maximum absolute atomic E-state index is 12.2. The molecule has 2 aromatic rings. The monoisotopic (exact) mass is 452 g/mol. The first-order valence-corrected chi connectivity index (χ1v) is 10.1. The van der Waals surface area contributed by atoms with E-state index in [1.807, 2.05) is 0 Å². The number of hydrogen-bond acceptors (Lipinski definition) is 8. The van der Waals surface area contributed by atoms with E-state index in [2.05, 4.69) is 15.5 Å². The van der Waals surface area contributed by atoms with Crippen molar-refractivity contribution in [1.82, 2.24) is 0 Å². The van der Waals surface area contributed by atoms with Crippen LogP contribution in [0.3, 0.4) is 0 Å². The third-order valence-electron chi connectivity index (χ3n) is 3.52. The summed E-state index contributed by atoms with van der Waals surface area (Å²) in [5, 5.41) is 0. The Bertz CT molecular complexity index is 1170. The Hall–Kier alpha value is -1.80. The summed E-state index contributed by atoms with van der Waals surface area (Å²) in [5.74, 6) is -2.09. The van der Waals surface area contributed by atoms with Gasteiger partial charge in [-0.2, -0.15) is 16.8 Å². The van der Waals surface area contributed by atoms with Gasteiger partial charge < -0.3 is 9.47 Å². The summed E-state index contributed by atoms with van der Waals surface area (Å²) in [6.07, 6.45) is 0. The number of ether oxygens (including phenoxy) is 2. The topological polar surface area (TPSA) is 161 Å². The normalized spacial score (nSPS) is 11.3. The van der Waals surface area contributed by atoms with Gasteiger partial charge in [-0.3, -0.25) is 9.11 Å². The van der Waals surface area contributed by atoms with Crippen LogP contribution in [0.15, 0.2) is 40.1 Å². The zero-order valence-corrected chi connectivity index (χ0v) is 19.0. The fraction of sp³-hybridized carbons (Fsp3) is 0.125. The Morgan fingerprint density at radius 2 is 1.52 bits per heavy atom. The van der Waals surface area contributed by atoms with Crippen molar-refractivity contribution in [3.63, 3.8) is 0 Å². The van der Waals surface area contributed by atoms with Gasteiger partial charge in [-0.05, 0) is 12.1 Å². The number of rotatable bonds is 5. The van der Waals surface area contributed by atoms with Crippen molar-refractivity contribution in [1.29, 1.82) is 0 Å². The molecule has 0 unspecified atom stereocenters. The van der Waals surface area contributed by atoms with Crippen molar-refractivity contribution in [2.75, 3.05) is 14.2 Å². The zero-order valence-electron chi connectivity index (χ0n) is 15.4. The zero-order chi connectivity index (χ0) is 21.3. The van der Waals surface area contributed by atoms with Crippen molar-refractivity contribution in [2.24, 2.45) is 0 Å². The molecular weight excluding hydrogens is 439 g/mol. The first-order chi connectivity index (χ1) is 12.9. The number of esters is 2. The van der Waals surface area contributed by atoms with Gasteiger partial charge in [0.1, 0.15) is 0 Å². The molecule has 0 amide bonds. The largest absolute Gasteiger partial charge is 1.00 e.